The highest BCUT2D eigenvalue weighted by atomic mass is 16.2. The molecular weight excluding hydrogens is 622 g/mol. The average molecular weight is 676 g/mol. The molecule has 0 saturated carbocycles. The summed E-state index contributed by atoms with van der Waals surface area (Å²) in [5.41, 5.74) is 16.2. The molecule has 0 aliphatic carbocycles. The van der Waals surface area contributed by atoms with Gasteiger partial charge in [-0.05, 0) is 43.4 Å². The first kappa shape index (κ1) is 41.2. The lowest BCUT2D eigenvalue weighted by atomic mass is 9.96. The fraction of sp³-hybridized carbons (Fsp3) is 0.645. The van der Waals surface area contributed by atoms with Crippen LogP contribution in [-0.4, -0.2) is 88.6 Å². The van der Waals surface area contributed by atoms with E-state index in [0.717, 1.165) is 0 Å². The van der Waals surface area contributed by atoms with Crippen molar-refractivity contribution in [1.82, 2.24) is 36.6 Å². The molecule has 0 radical (unpaired) electrons. The molecule has 17 heteroatoms. The molecule has 1 heterocycles. The van der Waals surface area contributed by atoms with E-state index in [1.54, 1.807) is 6.92 Å². The molecule has 1 aromatic rings. The molecule has 0 unspecified atom stereocenters. The summed E-state index contributed by atoms with van der Waals surface area (Å²) in [4.78, 5) is 89.2. The van der Waals surface area contributed by atoms with Crippen molar-refractivity contribution in [2.45, 2.75) is 97.8 Å². The second kappa shape index (κ2) is 21.1. The third-order valence-corrected chi connectivity index (χ3v) is 7.31. The number of nitrogens with zero attached hydrogens (tertiary/aromatic N) is 3. The Morgan fingerprint density at radius 2 is 1.42 bits per heavy atom. The Balaban J connectivity index is 3.00. The van der Waals surface area contributed by atoms with Gasteiger partial charge in [0.25, 0.3) is 5.91 Å². The lowest BCUT2D eigenvalue weighted by Gasteiger charge is -2.27. The number of aromatic nitrogens is 2. The number of aliphatic imine (C=N–C) groups is 1. The van der Waals surface area contributed by atoms with Gasteiger partial charge < -0.3 is 43.8 Å². The van der Waals surface area contributed by atoms with Crippen molar-refractivity contribution < 1.29 is 28.8 Å². The van der Waals surface area contributed by atoms with Gasteiger partial charge in [0, 0.05) is 18.9 Å². The van der Waals surface area contributed by atoms with Crippen LogP contribution in [0.2, 0.25) is 0 Å². The van der Waals surface area contributed by atoms with Crippen molar-refractivity contribution in [1.29, 1.82) is 0 Å². The first-order chi connectivity index (χ1) is 22.5. The Morgan fingerprint density at radius 1 is 0.792 bits per heavy atom. The number of carbonyl (C=O) groups excluding carboxylic acids is 6. The molecule has 6 amide bonds. The highest BCUT2D eigenvalue weighted by Crippen LogP contribution is 2.12. The molecule has 11 N–H and O–H groups in total. The third kappa shape index (κ3) is 15.6. The van der Waals surface area contributed by atoms with Gasteiger partial charge in [-0.15, -0.1) is 0 Å². The number of amides is 6. The molecule has 5 atom stereocenters. The van der Waals surface area contributed by atoms with Crippen molar-refractivity contribution in [3.63, 3.8) is 0 Å². The van der Waals surface area contributed by atoms with Gasteiger partial charge in [-0.25, -0.2) is 4.98 Å². The van der Waals surface area contributed by atoms with Crippen molar-refractivity contribution in [2.24, 2.45) is 39.9 Å². The van der Waals surface area contributed by atoms with Gasteiger partial charge in [0.05, 0.1) is 12.7 Å². The van der Waals surface area contributed by atoms with E-state index in [1.807, 2.05) is 34.6 Å². The van der Waals surface area contributed by atoms with Crippen molar-refractivity contribution in [3.05, 3.63) is 24.3 Å². The summed E-state index contributed by atoms with van der Waals surface area (Å²) < 4.78 is 0. The number of rotatable bonds is 21. The minimum absolute atomic E-state index is 0.0238. The van der Waals surface area contributed by atoms with Crippen molar-refractivity contribution >= 4 is 41.4 Å². The Morgan fingerprint density at radius 3 is 1.96 bits per heavy atom. The maximum Gasteiger partial charge on any atom is 0.272 e. The van der Waals surface area contributed by atoms with Gasteiger partial charge in [-0.3, -0.25) is 38.7 Å². The number of carbonyl (C=O) groups is 6. The van der Waals surface area contributed by atoms with Crippen LogP contribution in [0.4, 0.5) is 0 Å². The van der Waals surface area contributed by atoms with Crippen LogP contribution < -0.4 is 43.8 Å². The number of hydrogen-bond acceptors (Lipinski definition) is 9. The van der Waals surface area contributed by atoms with Gasteiger partial charge in [0.1, 0.15) is 29.9 Å². The van der Waals surface area contributed by atoms with Crippen molar-refractivity contribution in [2.75, 3.05) is 13.1 Å². The molecule has 268 valence electrons. The summed E-state index contributed by atoms with van der Waals surface area (Å²) in [5.74, 6) is -4.21. The Kier molecular flexibility index (Phi) is 18.1. The number of primary amides is 1. The van der Waals surface area contributed by atoms with E-state index in [-0.39, 0.29) is 48.8 Å². The lowest BCUT2D eigenvalue weighted by Crippen LogP contribution is -2.57. The Labute approximate surface area is 281 Å². The highest BCUT2D eigenvalue weighted by Gasteiger charge is 2.31. The van der Waals surface area contributed by atoms with E-state index < -0.39 is 66.2 Å². The SMILES string of the molecule is CC[C@H](C)[C@H](NC(=O)[C@H](CC(C)C)NC(=O)c1cnccn1)C(=O)NCC(=O)N[C@@H](CCCN=C(N)N)C(=O)N[C@@H](CC(C)C)C(N)=O. The van der Waals surface area contributed by atoms with E-state index in [1.165, 1.54) is 18.6 Å². The fourth-order valence-electron chi connectivity index (χ4n) is 4.59. The molecule has 48 heavy (non-hydrogen) atoms. The largest absolute Gasteiger partial charge is 0.370 e. The zero-order valence-electron chi connectivity index (χ0n) is 28.7. The van der Waals surface area contributed by atoms with Crippen molar-refractivity contribution in [3.8, 4) is 0 Å². The van der Waals surface area contributed by atoms with Gasteiger partial charge in [0.2, 0.25) is 29.5 Å². The molecule has 0 aromatic carbocycles. The molecule has 0 aliphatic heterocycles. The van der Waals surface area contributed by atoms with E-state index >= 15 is 0 Å². The molecule has 1 aromatic heterocycles. The standard InChI is InChI=1S/C31H53N11O6/c1-7-19(6)25(42-28(46)22(14-18(4)5)41-29(47)23-15-35-11-12-36-23)30(48)38-16-24(43)39-20(9-8-10-37-31(33)34)27(45)40-21(26(32)44)13-17(2)3/h11-12,15,17-22,25H,7-10,13-14,16H2,1-6H3,(H2,32,44)(H,38,48)(H,39,43)(H,40,45)(H,41,47)(H,42,46)(H4,33,34,37)/t19-,20-,21-,22-,25-/m0/s1. The van der Waals surface area contributed by atoms with E-state index in [2.05, 4.69) is 41.5 Å². The third-order valence-electron chi connectivity index (χ3n) is 7.31. The second-order valence-electron chi connectivity index (χ2n) is 12.5. The van der Waals surface area contributed by atoms with Gasteiger partial charge in [-0.1, -0.05) is 48.0 Å². The minimum Gasteiger partial charge on any atom is -0.370 e. The van der Waals surface area contributed by atoms with Crippen LogP contribution in [0.5, 0.6) is 0 Å². The van der Waals surface area contributed by atoms with Crippen LogP contribution in [0.25, 0.3) is 0 Å². The zero-order valence-corrected chi connectivity index (χ0v) is 28.7. The number of hydrogen-bond donors (Lipinski definition) is 8. The van der Waals surface area contributed by atoms with Crippen LogP contribution in [0.1, 0.15) is 84.1 Å². The van der Waals surface area contributed by atoms with Crippen LogP contribution in [0.3, 0.4) is 0 Å². The maximum absolute atomic E-state index is 13.4. The maximum atomic E-state index is 13.4. The van der Waals surface area contributed by atoms with E-state index in [9.17, 15) is 28.8 Å². The molecule has 0 spiro atoms. The fourth-order valence-corrected chi connectivity index (χ4v) is 4.59. The van der Waals surface area contributed by atoms with Crippen LogP contribution in [-0.2, 0) is 24.0 Å². The van der Waals surface area contributed by atoms with E-state index in [4.69, 9.17) is 17.2 Å². The number of guanidine groups is 1. The molecule has 0 fully saturated rings. The topological polar surface area (TPSA) is 279 Å². The van der Waals surface area contributed by atoms with Crippen LogP contribution in [0, 0.1) is 17.8 Å². The van der Waals surface area contributed by atoms with Gasteiger partial charge >= 0.3 is 0 Å². The highest BCUT2D eigenvalue weighted by molar-refractivity contribution is 5.97. The Hall–Kier alpha value is -4.83. The average Bonchev–Trinajstić information content (AvgIpc) is 3.02. The smallest absolute Gasteiger partial charge is 0.272 e. The zero-order chi connectivity index (χ0) is 36.4. The normalized spacial score (nSPS) is 14.1. The Bertz CT molecular complexity index is 1250. The summed E-state index contributed by atoms with van der Waals surface area (Å²) >= 11 is 0. The van der Waals surface area contributed by atoms with Gasteiger partial charge in [0.15, 0.2) is 5.96 Å². The number of nitrogens with two attached hydrogens (primary N) is 3. The molecule has 0 bridgehead atoms. The van der Waals surface area contributed by atoms with Crippen LogP contribution >= 0.6 is 0 Å². The molecule has 1 rings (SSSR count). The molecular formula is C31H53N11O6. The quantitative estimate of drug-likeness (QED) is 0.0439. The molecule has 0 saturated heterocycles. The first-order valence-electron chi connectivity index (χ1n) is 16.1. The minimum atomic E-state index is -1.09. The summed E-state index contributed by atoms with van der Waals surface area (Å²) in [7, 11) is 0. The van der Waals surface area contributed by atoms with Crippen LogP contribution in [0.15, 0.2) is 23.6 Å². The summed E-state index contributed by atoms with van der Waals surface area (Å²) in [6, 6.07) is -4.04. The molecule has 17 nitrogen and oxygen atoms in total. The lowest BCUT2D eigenvalue weighted by molar-refractivity contribution is -0.133. The summed E-state index contributed by atoms with van der Waals surface area (Å²) in [6.45, 7) is 10.8. The van der Waals surface area contributed by atoms with Gasteiger partial charge in [-0.2, -0.15) is 0 Å². The monoisotopic (exact) mass is 675 g/mol. The molecule has 0 aliphatic rings. The summed E-state index contributed by atoms with van der Waals surface area (Å²) in [6.07, 6.45) is 5.60. The predicted octanol–water partition coefficient (Wildman–Crippen LogP) is -1.18. The second-order valence-corrected chi connectivity index (χ2v) is 12.5. The van der Waals surface area contributed by atoms with E-state index in [0.29, 0.717) is 19.3 Å². The predicted molar refractivity (Wildman–Crippen MR) is 180 cm³/mol. The summed E-state index contributed by atoms with van der Waals surface area (Å²) in [5, 5.41) is 13.1. The number of nitrogens with one attached hydrogen (secondary N) is 5. The first-order valence-corrected chi connectivity index (χ1v) is 16.1.